The SMILES string of the molecule is Cc1c(NC(=O)C2CCNCC2)cccc1C(=O)N1CCc2sccc2C1. The summed E-state index contributed by atoms with van der Waals surface area (Å²) < 4.78 is 0. The van der Waals surface area contributed by atoms with Crippen molar-refractivity contribution < 1.29 is 9.59 Å². The summed E-state index contributed by atoms with van der Waals surface area (Å²) in [5, 5.41) is 8.43. The molecule has 2 aliphatic rings. The minimum atomic E-state index is 0.0438. The Labute approximate surface area is 163 Å². The van der Waals surface area contributed by atoms with E-state index in [1.807, 2.05) is 30.0 Å². The van der Waals surface area contributed by atoms with Crippen molar-refractivity contribution in [3.63, 3.8) is 0 Å². The van der Waals surface area contributed by atoms with Gasteiger partial charge in [-0.2, -0.15) is 0 Å². The molecule has 1 aromatic heterocycles. The molecule has 0 bridgehead atoms. The summed E-state index contributed by atoms with van der Waals surface area (Å²) in [7, 11) is 0. The van der Waals surface area contributed by atoms with Crippen LogP contribution in [-0.4, -0.2) is 36.3 Å². The molecule has 142 valence electrons. The average Bonchev–Trinajstić information content (AvgIpc) is 3.17. The van der Waals surface area contributed by atoms with Gasteiger partial charge >= 0.3 is 0 Å². The molecule has 1 saturated heterocycles. The van der Waals surface area contributed by atoms with Crippen molar-refractivity contribution in [3.8, 4) is 0 Å². The Morgan fingerprint density at radius 1 is 1.22 bits per heavy atom. The lowest BCUT2D eigenvalue weighted by Crippen LogP contribution is -2.36. The summed E-state index contributed by atoms with van der Waals surface area (Å²) in [6.45, 7) is 5.11. The third kappa shape index (κ3) is 3.77. The van der Waals surface area contributed by atoms with E-state index in [0.29, 0.717) is 12.1 Å². The molecule has 2 aliphatic heterocycles. The molecule has 6 heteroatoms. The summed E-state index contributed by atoms with van der Waals surface area (Å²) >= 11 is 1.77. The Morgan fingerprint density at radius 2 is 2.04 bits per heavy atom. The highest BCUT2D eigenvalue weighted by Crippen LogP contribution is 2.27. The van der Waals surface area contributed by atoms with Crippen molar-refractivity contribution in [3.05, 3.63) is 51.2 Å². The second-order valence-electron chi connectivity index (χ2n) is 7.34. The van der Waals surface area contributed by atoms with Gasteiger partial charge in [-0.1, -0.05) is 6.07 Å². The Morgan fingerprint density at radius 3 is 2.85 bits per heavy atom. The molecular formula is C21H25N3O2S. The molecule has 3 heterocycles. The number of carbonyl (C=O) groups is 2. The van der Waals surface area contributed by atoms with Gasteiger partial charge in [-0.25, -0.2) is 0 Å². The van der Waals surface area contributed by atoms with E-state index >= 15 is 0 Å². The number of rotatable bonds is 3. The molecule has 0 aliphatic carbocycles. The van der Waals surface area contributed by atoms with E-state index in [9.17, 15) is 9.59 Å². The van der Waals surface area contributed by atoms with Gasteiger partial charge in [0, 0.05) is 35.1 Å². The number of hydrogen-bond donors (Lipinski definition) is 2. The molecule has 4 rings (SSSR count). The summed E-state index contributed by atoms with van der Waals surface area (Å²) in [6.07, 6.45) is 2.64. The lowest BCUT2D eigenvalue weighted by atomic mass is 9.96. The molecule has 2 N–H and O–H groups in total. The van der Waals surface area contributed by atoms with E-state index in [2.05, 4.69) is 22.1 Å². The Hall–Kier alpha value is -2.18. The van der Waals surface area contributed by atoms with Gasteiger partial charge in [0.15, 0.2) is 0 Å². The number of benzene rings is 1. The molecule has 0 saturated carbocycles. The standard InChI is InChI=1S/C21H25N3O2S/c1-14-17(21(26)24-11-7-19-16(13-24)8-12-27-19)3-2-4-18(14)23-20(25)15-5-9-22-10-6-15/h2-4,8,12,15,22H,5-7,9-11,13H2,1H3,(H,23,25). The van der Waals surface area contributed by atoms with Crippen molar-refractivity contribution in [1.29, 1.82) is 0 Å². The van der Waals surface area contributed by atoms with Crippen LogP contribution in [0.3, 0.4) is 0 Å². The van der Waals surface area contributed by atoms with Crippen LogP contribution in [0.2, 0.25) is 0 Å². The highest BCUT2D eigenvalue weighted by atomic mass is 32.1. The summed E-state index contributed by atoms with van der Waals surface area (Å²) in [6, 6.07) is 7.72. The van der Waals surface area contributed by atoms with Crippen molar-refractivity contribution in [2.45, 2.75) is 32.7 Å². The summed E-state index contributed by atoms with van der Waals surface area (Å²) in [4.78, 5) is 29.0. The Kier molecular flexibility index (Phi) is 5.27. The zero-order valence-electron chi connectivity index (χ0n) is 15.6. The van der Waals surface area contributed by atoms with E-state index in [-0.39, 0.29) is 17.7 Å². The minimum Gasteiger partial charge on any atom is -0.334 e. The number of fused-ring (bicyclic) bond motifs is 1. The van der Waals surface area contributed by atoms with Gasteiger partial charge in [-0.05, 0) is 74.0 Å². The van der Waals surface area contributed by atoms with Crippen LogP contribution in [0.25, 0.3) is 0 Å². The number of anilines is 1. The molecule has 0 radical (unpaired) electrons. The van der Waals surface area contributed by atoms with Crippen molar-refractivity contribution in [2.24, 2.45) is 5.92 Å². The third-order valence-electron chi connectivity index (χ3n) is 5.63. The van der Waals surface area contributed by atoms with Gasteiger partial charge in [-0.15, -0.1) is 11.3 Å². The van der Waals surface area contributed by atoms with Crippen molar-refractivity contribution >= 4 is 28.8 Å². The van der Waals surface area contributed by atoms with E-state index in [1.54, 1.807) is 11.3 Å². The number of amides is 2. The fourth-order valence-electron chi connectivity index (χ4n) is 3.91. The third-order valence-corrected chi connectivity index (χ3v) is 6.65. The monoisotopic (exact) mass is 383 g/mol. The van der Waals surface area contributed by atoms with Gasteiger partial charge in [0.25, 0.3) is 5.91 Å². The fraction of sp³-hybridized carbons (Fsp3) is 0.429. The average molecular weight is 384 g/mol. The van der Waals surface area contributed by atoms with Crippen molar-refractivity contribution in [1.82, 2.24) is 10.2 Å². The number of nitrogens with one attached hydrogen (secondary N) is 2. The first kappa shape index (κ1) is 18.2. The van der Waals surface area contributed by atoms with E-state index in [4.69, 9.17) is 0 Å². The van der Waals surface area contributed by atoms with Crippen molar-refractivity contribution in [2.75, 3.05) is 25.0 Å². The highest BCUT2D eigenvalue weighted by Gasteiger charge is 2.25. The maximum absolute atomic E-state index is 13.1. The van der Waals surface area contributed by atoms with E-state index in [1.165, 1.54) is 10.4 Å². The van der Waals surface area contributed by atoms with Crippen LogP contribution in [0.1, 0.15) is 39.2 Å². The predicted octanol–water partition coefficient (Wildman–Crippen LogP) is 3.19. The Bertz CT molecular complexity index is 855. The smallest absolute Gasteiger partial charge is 0.254 e. The Balaban J connectivity index is 1.50. The molecule has 2 amide bonds. The molecule has 1 fully saturated rings. The van der Waals surface area contributed by atoms with Gasteiger partial charge in [-0.3, -0.25) is 9.59 Å². The first-order valence-electron chi connectivity index (χ1n) is 9.59. The summed E-state index contributed by atoms with van der Waals surface area (Å²) in [5.41, 5.74) is 3.53. The van der Waals surface area contributed by atoms with Crippen LogP contribution in [0.15, 0.2) is 29.6 Å². The normalized spacial score (nSPS) is 17.4. The van der Waals surface area contributed by atoms with Gasteiger partial charge < -0.3 is 15.5 Å². The first-order chi connectivity index (χ1) is 13.1. The number of piperidine rings is 1. The largest absolute Gasteiger partial charge is 0.334 e. The van der Waals surface area contributed by atoms with Crippen LogP contribution in [0.4, 0.5) is 5.69 Å². The van der Waals surface area contributed by atoms with Crippen LogP contribution in [0.5, 0.6) is 0 Å². The minimum absolute atomic E-state index is 0.0438. The second-order valence-corrected chi connectivity index (χ2v) is 8.34. The fourth-order valence-corrected chi connectivity index (χ4v) is 4.80. The maximum Gasteiger partial charge on any atom is 0.254 e. The maximum atomic E-state index is 13.1. The number of hydrogen-bond acceptors (Lipinski definition) is 4. The van der Waals surface area contributed by atoms with Gasteiger partial charge in [0.2, 0.25) is 5.91 Å². The van der Waals surface area contributed by atoms with Crippen LogP contribution in [0, 0.1) is 12.8 Å². The van der Waals surface area contributed by atoms with Crippen LogP contribution in [-0.2, 0) is 17.8 Å². The van der Waals surface area contributed by atoms with Gasteiger partial charge in [0.1, 0.15) is 0 Å². The van der Waals surface area contributed by atoms with E-state index in [0.717, 1.165) is 50.1 Å². The van der Waals surface area contributed by atoms with E-state index < -0.39 is 0 Å². The topological polar surface area (TPSA) is 61.4 Å². The number of thiophene rings is 1. The zero-order valence-corrected chi connectivity index (χ0v) is 16.4. The molecule has 5 nitrogen and oxygen atoms in total. The quantitative estimate of drug-likeness (QED) is 0.856. The van der Waals surface area contributed by atoms with Crippen LogP contribution >= 0.6 is 11.3 Å². The number of nitrogens with zero attached hydrogens (tertiary/aromatic N) is 1. The summed E-state index contributed by atoms with van der Waals surface area (Å²) in [5.74, 6) is 0.150. The number of carbonyl (C=O) groups excluding carboxylic acids is 2. The van der Waals surface area contributed by atoms with Crippen LogP contribution < -0.4 is 10.6 Å². The molecule has 1 aromatic carbocycles. The molecule has 27 heavy (non-hydrogen) atoms. The second kappa shape index (κ2) is 7.82. The molecule has 0 atom stereocenters. The molecule has 0 spiro atoms. The zero-order chi connectivity index (χ0) is 18.8. The lowest BCUT2D eigenvalue weighted by Gasteiger charge is -2.28. The highest BCUT2D eigenvalue weighted by molar-refractivity contribution is 7.10. The molecule has 0 unspecified atom stereocenters. The molecule has 2 aromatic rings. The molecular weight excluding hydrogens is 358 g/mol. The predicted molar refractivity (Wildman–Crippen MR) is 108 cm³/mol. The van der Waals surface area contributed by atoms with Gasteiger partial charge in [0.05, 0.1) is 0 Å². The lowest BCUT2D eigenvalue weighted by molar-refractivity contribution is -0.120. The first-order valence-corrected chi connectivity index (χ1v) is 10.5.